The first-order chi connectivity index (χ1) is 9.54. The largest absolute Gasteiger partial charge is 0.349 e. The van der Waals surface area contributed by atoms with Crippen LogP contribution in [0.4, 0.5) is 5.69 Å². The van der Waals surface area contributed by atoms with Crippen molar-refractivity contribution in [2.24, 2.45) is 5.92 Å². The Kier molecular flexibility index (Phi) is 5.64. The predicted octanol–water partition coefficient (Wildman–Crippen LogP) is 2.51. The van der Waals surface area contributed by atoms with E-state index in [1.165, 1.54) is 19.2 Å². The Hall–Kier alpha value is -1.27. The molecule has 21 heavy (non-hydrogen) atoms. The third-order valence-electron chi connectivity index (χ3n) is 3.41. The number of nitrogens with one attached hydrogen (secondary N) is 1. The smallest absolute Gasteiger partial charge is 0.253 e. The Labute approximate surface area is 131 Å². The zero-order valence-electron chi connectivity index (χ0n) is 12.8. The van der Waals surface area contributed by atoms with E-state index in [0.717, 1.165) is 10.6 Å². The van der Waals surface area contributed by atoms with Gasteiger partial charge in [0, 0.05) is 13.1 Å². The van der Waals surface area contributed by atoms with Gasteiger partial charge in [0.05, 0.1) is 22.5 Å². The first-order valence-corrected chi connectivity index (χ1v) is 8.81. The summed E-state index contributed by atoms with van der Waals surface area (Å²) in [5.41, 5.74) is 0.654. The van der Waals surface area contributed by atoms with Crippen molar-refractivity contribution in [3.05, 3.63) is 28.8 Å². The predicted molar refractivity (Wildman–Crippen MR) is 86.5 cm³/mol. The van der Waals surface area contributed by atoms with Crippen LogP contribution in [-0.2, 0) is 10.0 Å². The van der Waals surface area contributed by atoms with Gasteiger partial charge in [0.2, 0.25) is 10.0 Å². The lowest BCUT2D eigenvalue weighted by Crippen LogP contribution is -2.36. The second-order valence-electron chi connectivity index (χ2n) is 5.40. The number of rotatable bonds is 5. The Balaban J connectivity index is 3.11. The van der Waals surface area contributed by atoms with Crippen molar-refractivity contribution in [2.75, 3.05) is 17.6 Å². The molecular formula is C14H21ClN2O3S. The highest BCUT2D eigenvalue weighted by Gasteiger charge is 2.18. The molecule has 0 bridgehead atoms. The van der Waals surface area contributed by atoms with Crippen molar-refractivity contribution in [2.45, 2.75) is 26.8 Å². The Morgan fingerprint density at radius 3 is 2.33 bits per heavy atom. The SMILES string of the molecule is CC(C)[C@@H](C)NC(=O)c1cc(N(C)S(C)(=O)=O)ccc1Cl. The number of benzene rings is 1. The lowest BCUT2D eigenvalue weighted by molar-refractivity contribution is 0.0930. The van der Waals surface area contributed by atoms with E-state index in [1.54, 1.807) is 6.07 Å². The number of carbonyl (C=O) groups excluding carboxylic acids is 1. The van der Waals surface area contributed by atoms with Crippen molar-refractivity contribution in [3.63, 3.8) is 0 Å². The molecule has 0 aliphatic heterocycles. The maximum absolute atomic E-state index is 12.2. The van der Waals surface area contributed by atoms with E-state index >= 15 is 0 Å². The summed E-state index contributed by atoms with van der Waals surface area (Å²) in [6.07, 6.45) is 1.10. The first kappa shape index (κ1) is 17.8. The van der Waals surface area contributed by atoms with Gasteiger partial charge in [-0.15, -0.1) is 0 Å². The van der Waals surface area contributed by atoms with Crippen LogP contribution in [0.15, 0.2) is 18.2 Å². The van der Waals surface area contributed by atoms with Crippen molar-refractivity contribution in [3.8, 4) is 0 Å². The Bertz CT molecular complexity index is 629. The number of hydrogen-bond donors (Lipinski definition) is 1. The molecule has 0 unspecified atom stereocenters. The Morgan fingerprint density at radius 1 is 1.29 bits per heavy atom. The lowest BCUT2D eigenvalue weighted by Gasteiger charge is -2.20. The minimum absolute atomic E-state index is 0.00939. The van der Waals surface area contributed by atoms with E-state index in [-0.39, 0.29) is 28.5 Å². The minimum Gasteiger partial charge on any atom is -0.349 e. The molecule has 1 amide bonds. The van der Waals surface area contributed by atoms with Gasteiger partial charge < -0.3 is 5.32 Å². The Morgan fingerprint density at radius 2 is 1.86 bits per heavy atom. The monoisotopic (exact) mass is 332 g/mol. The maximum atomic E-state index is 12.2. The summed E-state index contributed by atoms with van der Waals surface area (Å²) < 4.78 is 24.2. The third-order valence-corrected chi connectivity index (χ3v) is 4.95. The maximum Gasteiger partial charge on any atom is 0.253 e. The number of sulfonamides is 1. The molecule has 1 aromatic carbocycles. The first-order valence-electron chi connectivity index (χ1n) is 6.58. The number of hydrogen-bond acceptors (Lipinski definition) is 3. The van der Waals surface area contributed by atoms with Crippen LogP contribution in [0.3, 0.4) is 0 Å². The molecule has 0 fully saturated rings. The van der Waals surface area contributed by atoms with Crippen molar-refractivity contribution in [1.29, 1.82) is 0 Å². The van der Waals surface area contributed by atoms with E-state index in [4.69, 9.17) is 11.6 Å². The molecule has 1 rings (SSSR count). The average Bonchev–Trinajstić information content (AvgIpc) is 2.37. The third kappa shape index (κ3) is 4.61. The van der Waals surface area contributed by atoms with Gasteiger partial charge in [-0.3, -0.25) is 9.10 Å². The highest BCUT2D eigenvalue weighted by molar-refractivity contribution is 7.92. The van der Waals surface area contributed by atoms with Crippen LogP contribution in [-0.4, -0.2) is 33.7 Å². The van der Waals surface area contributed by atoms with Gasteiger partial charge in [0.25, 0.3) is 5.91 Å². The summed E-state index contributed by atoms with van der Waals surface area (Å²) in [6, 6.07) is 4.55. The standard InChI is InChI=1S/C14H21ClN2O3S/c1-9(2)10(3)16-14(18)12-8-11(6-7-13(12)15)17(4)21(5,19)20/h6-10H,1-5H3,(H,16,18)/t10-/m1/s1. The molecule has 0 aliphatic carbocycles. The molecular weight excluding hydrogens is 312 g/mol. The fourth-order valence-electron chi connectivity index (χ4n) is 1.53. The number of anilines is 1. The highest BCUT2D eigenvalue weighted by Crippen LogP contribution is 2.24. The van der Waals surface area contributed by atoms with Gasteiger partial charge in [-0.25, -0.2) is 8.42 Å². The van der Waals surface area contributed by atoms with Gasteiger partial charge in [-0.05, 0) is 31.0 Å². The fraction of sp³-hybridized carbons (Fsp3) is 0.500. The lowest BCUT2D eigenvalue weighted by atomic mass is 10.1. The van der Waals surface area contributed by atoms with E-state index in [9.17, 15) is 13.2 Å². The van der Waals surface area contributed by atoms with Gasteiger partial charge in [-0.1, -0.05) is 25.4 Å². The normalized spacial score (nSPS) is 13.1. The topological polar surface area (TPSA) is 66.5 Å². The van der Waals surface area contributed by atoms with E-state index in [2.05, 4.69) is 5.32 Å². The van der Waals surface area contributed by atoms with Crippen molar-refractivity contribution < 1.29 is 13.2 Å². The van der Waals surface area contributed by atoms with Crippen LogP contribution in [0, 0.1) is 5.92 Å². The fourth-order valence-corrected chi connectivity index (χ4v) is 2.23. The zero-order chi connectivity index (χ0) is 16.4. The van der Waals surface area contributed by atoms with Gasteiger partial charge in [-0.2, -0.15) is 0 Å². The molecule has 5 nitrogen and oxygen atoms in total. The van der Waals surface area contributed by atoms with E-state index in [0.29, 0.717) is 5.69 Å². The van der Waals surface area contributed by atoms with Crippen molar-refractivity contribution in [1.82, 2.24) is 5.32 Å². The molecule has 0 heterocycles. The summed E-state index contributed by atoms with van der Waals surface area (Å²) in [7, 11) is -1.96. The molecule has 1 aromatic rings. The number of amides is 1. The molecule has 118 valence electrons. The molecule has 0 spiro atoms. The molecule has 1 N–H and O–H groups in total. The highest BCUT2D eigenvalue weighted by atomic mass is 35.5. The summed E-state index contributed by atoms with van der Waals surface area (Å²) in [5.74, 6) is -0.0282. The molecule has 0 aromatic heterocycles. The minimum atomic E-state index is -3.39. The zero-order valence-corrected chi connectivity index (χ0v) is 14.4. The van der Waals surface area contributed by atoms with Gasteiger partial charge >= 0.3 is 0 Å². The molecule has 0 saturated heterocycles. The summed E-state index contributed by atoms with van der Waals surface area (Å²) in [6.45, 7) is 5.91. The number of nitrogens with zero attached hydrogens (tertiary/aromatic N) is 1. The second kappa shape index (κ2) is 6.66. The molecule has 1 atom stereocenters. The van der Waals surface area contributed by atoms with Gasteiger partial charge in [0.15, 0.2) is 0 Å². The van der Waals surface area contributed by atoms with Crippen LogP contribution in [0.25, 0.3) is 0 Å². The van der Waals surface area contributed by atoms with E-state index < -0.39 is 10.0 Å². The average molecular weight is 333 g/mol. The summed E-state index contributed by atoms with van der Waals surface area (Å²) in [4.78, 5) is 12.2. The second-order valence-corrected chi connectivity index (χ2v) is 7.82. The molecule has 0 aliphatic rings. The molecule has 0 radical (unpaired) electrons. The van der Waals surface area contributed by atoms with Gasteiger partial charge in [0.1, 0.15) is 0 Å². The summed E-state index contributed by atoms with van der Waals surface area (Å²) >= 11 is 6.04. The summed E-state index contributed by atoms with van der Waals surface area (Å²) in [5, 5.41) is 3.14. The molecule has 7 heteroatoms. The van der Waals surface area contributed by atoms with Crippen LogP contribution >= 0.6 is 11.6 Å². The van der Waals surface area contributed by atoms with Crippen LogP contribution in [0.5, 0.6) is 0 Å². The van der Waals surface area contributed by atoms with Crippen molar-refractivity contribution >= 4 is 33.2 Å². The number of halogens is 1. The van der Waals surface area contributed by atoms with Crippen LogP contribution in [0.1, 0.15) is 31.1 Å². The van der Waals surface area contributed by atoms with Crippen LogP contribution < -0.4 is 9.62 Å². The quantitative estimate of drug-likeness (QED) is 0.901. The molecule has 0 saturated carbocycles. The van der Waals surface area contributed by atoms with E-state index in [1.807, 2.05) is 20.8 Å². The van der Waals surface area contributed by atoms with Crippen LogP contribution in [0.2, 0.25) is 5.02 Å². The number of carbonyl (C=O) groups is 1.